The molecule has 0 aromatic heterocycles. The molecule has 1 unspecified atom stereocenters. The molecule has 10 heavy (non-hydrogen) atoms. The average molecular weight is 141 g/mol. The molecule has 3 nitrogen and oxygen atoms in total. The van der Waals surface area contributed by atoms with E-state index in [0.717, 1.165) is 0 Å². The molecule has 0 aliphatic rings. The van der Waals surface area contributed by atoms with Crippen LogP contribution in [-0.2, 0) is 9.59 Å². The van der Waals surface area contributed by atoms with Crippen LogP contribution in [0.1, 0.15) is 20.3 Å². The van der Waals surface area contributed by atoms with E-state index in [4.69, 9.17) is 5.73 Å². The molecule has 0 spiro atoms. The van der Waals surface area contributed by atoms with E-state index in [9.17, 15) is 9.59 Å². The first-order valence-corrected chi connectivity index (χ1v) is 3.16. The lowest BCUT2D eigenvalue weighted by molar-refractivity contribution is -0.120. The summed E-state index contributed by atoms with van der Waals surface area (Å²) in [4.78, 5) is 20.6. The minimum Gasteiger partial charge on any atom is -0.369 e. The highest BCUT2D eigenvalue weighted by molar-refractivity contribution is 5.82. The van der Waals surface area contributed by atoms with Gasteiger partial charge in [-0.2, -0.15) is 0 Å². The molecule has 0 aromatic carbocycles. The number of nitrogens with two attached hydrogens (primary N) is 1. The van der Waals surface area contributed by atoms with Crippen LogP contribution in [0.15, 0.2) is 5.57 Å². The molecular formula is C7H11NO2. The summed E-state index contributed by atoms with van der Waals surface area (Å²) >= 11 is 0. The van der Waals surface area contributed by atoms with Gasteiger partial charge in [-0.05, 0) is 13.3 Å². The SMILES string of the molecule is CCC(=C=O)C(C)C(N)=O. The summed E-state index contributed by atoms with van der Waals surface area (Å²) in [5, 5.41) is 0. The van der Waals surface area contributed by atoms with Gasteiger partial charge in [-0.25, -0.2) is 4.79 Å². The third-order valence-corrected chi connectivity index (χ3v) is 1.46. The lowest BCUT2D eigenvalue weighted by Gasteiger charge is -2.04. The zero-order valence-corrected chi connectivity index (χ0v) is 6.18. The summed E-state index contributed by atoms with van der Waals surface area (Å²) < 4.78 is 0. The minimum atomic E-state index is -0.472. The molecule has 1 atom stereocenters. The van der Waals surface area contributed by atoms with Crippen LogP contribution >= 0.6 is 0 Å². The first-order valence-electron chi connectivity index (χ1n) is 3.16. The molecule has 0 rings (SSSR count). The Morgan fingerprint density at radius 1 is 1.70 bits per heavy atom. The molecule has 0 radical (unpaired) electrons. The molecule has 0 saturated heterocycles. The van der Waals surface area contributed by atoms with Gasteiger partial charge in [0, 0.05) is 5.57 Å². The Hall–Kier alpha value is -1.08. The van der Waals surface area contributed by atoms with Gasteiger partial charge in [-0.15, -0.1) is 0 Å². The second-order valence-electron chi connectivity index (χ2n) is 2.10. The number of hydrogen-bond donors (Lipinski definition) is 1. The van der Waals surface area contributed by atoms with E-state index in [1.807, 2.05) is 0 Å². The van der Waals surface area contributed by atoms with Gasteiger partial charge in [-0.1, -0.05) is 6.92 Å². The van der Waals surface area contributed by atoms with E-state index in [1.165, 1.54) is 0 Å². The molecule has 0 aromatic rings. The summed E-state index contributed by atoms with van der Waals surface area (Å²) in [6.45, 7) is 3.39. The van der Waals surface area contributed by atoms with Crippen LogP contribution in [-0.4, -0.2) is 11.8 Å². The molecular weight excluding hydrogens is 130 g/mol. The van der Waals surface area contributed by atoms with Gasteiger partial charge in [0.25, 0.3) is 0 Å². The van der Waals surface area contributed by atoms with E-state index >= 15 is 0 Å². The molecule has 0 bridgehead atoms. The summed E-state index contributed by atoms with van der Waals surface area (Å²) in [6.07, 6.45) is 0.535. The first kappa shape index (κ1) is 8.92. The van der Waals surface area contributed by atoms with Gasteiger partial charge in [0.05, 0.1) is 5.92 Å². The monoisotopic (exact) mass is 141 g/mol. The third-order valence-electron chi connectivity index (χ3n) is 1.46. The molecule has 0 heterocycles. The van der Waals surface area contributed by atoms with E-state index in [-0.39, 0.29) is 0 Å². The highest BCUT2D eigenvalue weighted by Gasteiger charge is 2.13. The molecule has 0 aliphatic carbocycles. The number of carbonyl (C=O) groups is 1. The Morgan fingerprint density at radius 2 is 2.20 bits per heavy atom. The number of primary amides is 1. The fraction of sp³-hybridized carbons (Fsp3) is 0.571. The van der Waals surface area contributed by atoms with Crippen LogP contribution in [0, 0.1) is 5.92 Å². The van der Waals surface area contributed by atoms with Crippen molar-refractivity contribution < 1.29 is 9.59 Å². The smallest absolute Gasteiger partial charge is 0.225 e. The zero-order chi connectivity index (χ0) is 8.15. The Morgan fingerprint density at radius 3 is 2.30 bits per heavy atom. The Bertz CT molecular complexity index is 180. The molecule has 2 N–H and O–H groups in total. The Kier molecular flexibility index (Phi) is 3.44. The lowest BCUT2D eigenvalue weighted by atomic mass is 10.0. The van der Waals surface area contributed by atoms with E-state index in [1.54, 1.807) is 19.8 Å². The normalized spacial score (nSPS) is 11.8. The predicted molar refractivity (Wildman–Crippen MR) is 37.9 cm³/mol. The van der Waals surface area contributed by atoms with Crippen molar-refractivity contribution in [2.75, 3.05) is 0 Å². The number of carbonyl (C=O) groups excluding carboxylic acids is 2. The number of hydrogen-bond acceptors (Lipinski definition) is 2. The highest BCUT2D eigenvalue weighted by Crippen LogP contribution is 2.08. The summed E-state index contributed by atoms with van der Waals surface area (Å²) in [5.41, 5.74) is 5.39. The van der Waals surface area contributed by atoms with Crippen molar-refractivity contribution in [1.29, 1.82) is 0 Å². The van der Waals surface area contributed by atoms with E-state index < -0.39 is 11.8 Å². The van der Waals surface area contributed by atoms with Crippen LogP contribution in [0.5, 0.6) is 0 Å². The third kappa shape index (κ3) is 2.03. The molecule has 3 heteroatoms. The second kappa shape index (κ2) is 3.85. The standard InChI is InChI=1S/C7H11NO2/c1-3-6(4-9)5(2)7(8)10/h5H,3H2,1-2H3,(H2,8,10). The highest BCUT2D eigenvalue weighted by atomic mass is 16.1. The maximum Gasteiger partial charge on any atom is 0.225 e. The Balaban J connectivity index is 4.32. The van der Waals surface area contributed by atoms with Gasteiger partial charge < -0.3 is 5.73 Å². The van der Waals surface area contributed by atoms with Crippen LogP contribution in [0.25, 0.3) is 0 Å². The molecule has 56 valence electrons. The fourth-order valence-electron chi connectivity index (χ4n) is 0.638. The average Bonchev–Trinajstić information content (AvgIpc) is 1.90. The van der Waals surface area contributed by atoms with Gasteiger partial charge in [0.15, 0.2) is 0 Å². The van der Waals surface area contributed by atoms with Crippen LogP contribution < -0.4 is 5.73 Å². The van der Waals surface area contributed by atoms with Gasteiger partial charge in [-0.3, -0.25) is 4.79 Å². The maximum absolute atomic E-state index is 10.5. The van der Waals surface area contributed by atoms with Crippen molar-refractivity contribution in [3.63, 3.8) is 0 Å². The summed E-state index contributed by atoms with van der Waals surface area (Å²) in [7, 11) is 0. The first-order chi connectivity index (χ1) is 4.63. The summed E-state index contributed by atoms with van der Waals surface area (Å²) in [6, 6.07) is 0. The lowest BCUT2D eigenvalue weighted by Crippen LogP contribution is -2.22. The van der Waals surface area contributed by atoms with E-state index in [0.29, 0.717) is 12.0 Å². The van der Waals surface area contributed by atoms with Crippen LogP contribution in [0.2, 0.25) is 0 Å². The predicted octanol–water partition coefficient (Wildman–Crippen LogP) is 0.276. The number of rotatable bonds is 3. The Labute approximate surface area is 59.9 Å². The summed E-state index contributed by atoms with van der Waals surface area (Å²) in [5.74, 6) is 0.757. The van der Waals surface area contributed by atoms with Crippen LogP contribution in [0.4, 0.5) is 0 Å². The van der Waals surface area contributed by atoms with Crippen molar-refractivity contribution >= 4 is 11.8 Å². The largest absolute Gasteiger partial charge is 0.369 e. The molecule has 0 fully saturated rings. The van der Waals surface area contributed by atoms with Gasteiger partial charge >= 0.3 is 0 Å². The molecule has 0 saturated carbocycles. The fourth-order valence-corrected chi connectivity index (χ4v) is 0.638. The van der Waals surface area contributed by atoms with E-state index in [2.05, 4.69) is 0 Å². The van der Waals surface area contributed by atoms with Crippen molar-refractivity contribution in [3.8, 4) is 0 Å². The van der Waals surface area contributed by atoms with Crippen molar-refractivity contribution in [2.45, 2.75) is 20.3 Å². The van der Waals surface area contributed by atoms with Crippen molar-refractivity contribution in [2.24, 2.45) is 11.7 Å². The van der Waals surface area contributed by atoms with Gasteiger partial charge in [0.1, 0.15) is 5.94 Å². The number of amides is 1. The van der Waals surface area contributed by atoms with Crippen LogP contribution in [0.3, 0.4) is 0 Å². The minimum absolute atomic E-state index is 0.438. The molecule has 0 aliphatic heterocycles. The topological polar surface area (TPSA) is 60.2 Å². The van der Waals surface area contributed by atoms with Gasteiger partial charge in [0.2, 0.25) is 5.91 Å². The maximum atomic E-state index is 10.5. The quantitative estimate of drug-likeness (QED) is 0.574. The second-order valence-corrected chi connectivity index (χ2v) is 2.10. The van der Waals surface area contributed by atoms with Crippen molar-refractivity contribution in [1.82, 2.24) is 0 Å². The molecule has 1 amide bonds. The van der Waals surface area contributed by atoms with Crippen molar-refractivity contribution in [3.05, 3.63) is 5.57 Å². The zero-order valence-electron chi connectivity index (χ0n) is 6.18.